The average Bonchev–Trinajstić information content (AvgIpc) is 2.48. The molecule has 0 saturated heterocycles. The molecule has 0 unspecified atom stereocenters. The first-order valence-electron chi connectivity index (χ1n) is 7.30. The maximum absolute atomic E-state index is 5.84. The molecular formula is C18H19N3O. The molecule has 0 atom stereocenters. The van der Waals surface area contributed by atoms with E-state index in [9.17, 15) is 0 Å². The van der Waals surface area contributed by atoms with Crippen LogP contribution in [0.2, 0.25) is 0 Å². The minimum Gasteiger partial charge on any atom is -0.489 e. The summed E-state index contributed by atoms with van der Waals surface area (Å²) in [5.41, 5.74) is 7.48. The van der Waals surface area contributed by atoms with Gasteiger partial charge in [0.05, 0.1) is 11.8 Å². The normalized spacial score (nSPS) is 10.9. The number of aromatic nitrogens is 1. The van der Waals surface area contributed by atoms with Crippen LogP contribution in [0.25, 0.3) is 10.8 Å². The number of nitrogens with zero attached hydrogens (tertiary/aromatic N) is 1. The van der Waals surface area contributed by atoms with E-state index in [0.717, 1.165) is 33.7 Å². The van der Waals surface area contributed by atoms with Gasteiger partial charge >= 0.3 is 0 Å². The van der Waals surface area contributed by atoms with Gasteiger partial charge in [-0.1, -0.05) is 12.1 Å². The lowest BCUT2D eigenvalue weighted by Crippen LogP contribution is -2.07. The molecule has 1 aromatic heterocycles. The summed E-state index contributed by atoms with van der Waals surface area (Å²) in [6, 6.07) is 15.6. The molecule has 112 valence electrons. The SMILES string of the molecule is CC(C)Oc1ccccc1Nc1nccc2cc(N)ccc12. The zero-order valence-electron chi connectivity index (χ0n) is 12.7. The fourth-order valence-corrected chi connectivity index (χ4v) is 2.35. The quantitative estimate of drug-likeness (QED) is 0.702. The van der Waals surface area contributed by atoms with E-state index < -0.39 is 0 Å². The van der Waals surface area contributed by atoms with Crippen LogP contribution in [0.5, 0.6) is 5.75 Å². The second-order valence-electron chi connectivity index (χ2n) is 5.43. The standard InChI is InChI=1S/C18H19N3O/c1-12(2)22-17-6-4-3-5-16(17)21-18-15-8-7-14(19)11-13(15)9-10-20-18/h3-12H,19H2,1-2H3,(H,20,21). The van der Waals surface area contributed by atoms with Gasteiger partial charge in [-0.2, -0.15) is 0 Å². The zero-order chi connectivity index (χ0) is 15.5. The lowest BCUT2D eigenvalue weighted by atomic mass is 10.1. The van der Waals surface area contributed by atoms with Gasteiger partial charge in [0, 0.05) is 17.3 Å². The molecule has 0 fully saturated rings. The van der Waals surface area contributed by atoms with Crippen LogP contribution >= 0.6 is 0 Å². The highest BCUT2D eigenvalue weighted by Gasteiger charge is 2.08. The van der Waals surface area contributed by atoms with Crippen molar-refractivity contribution in [1.82, 2.24) is 4.98 Å². The molecule has 4 nitrogen and oxygen atoms in total. The van der Waals surface area contributed by atoms with Gasteiger partial charge in [-0.05, 0) is 55.6 Å². The molecule has 3 aromatic rings. The molecular weight excluding hydrogens is 274 g/mol. The smallest absolute Gasteiger partial charge is 0.143 e. The van der Waals surface area contributed by atoms with Crippen molar-refractivity contribution >= 4 is 28.0 Å². The number of nitrogens with two attached hydrogens (primary N) is 1. The number of fused-ring (bicyclic) bond motifs is 1. The molecule has 0 aliphatic heterocycles. The van der Waals surface area contributed by atoms with Gasteiger partial charge in [-0.3, -0.25) is 0 Å². The van der Waals surface area contributed by atoms with E-state index >= 15 is 0 Å². The predicted molar refractivity (Wildman–Crippen MR) is 91.6 cm³/mol. The lowest BCUT2D eigenvalue weighted by molar-refractivity contribution is 0.244. The van der Waals surface area contributed by atoms with Gasteiger partial charge in [0.1, 0.15) is 11.6 Å². The highest BCUT2D eigenvalue weighted by Crippen LogP contribution is 2.31. The molecule has 0 spiro atoms. The summed E-state index contributed by atoms with van der Waals surface area (Å²) in [4.78, 5) is 4.44. The highest BCUT2D eigenvalue weighted by molar-refractivity contribution is 5.95. The molecule has 0 aliphatic carbocycles. The van der Waals surface area contributed by atoms with E-state index in [4.69, 9.17) is 10.5 Å². The van der Waals surface area contributed by atoms with E-state index in [1.807, 2.05) is 62.4 Å². The van der Waals surface area contributed by atoms with Crippen LogP contribution in [-0.2, 0) is 0 Å². The van der Waals surface area contributed by atoms with E-state index in [-0.39, 0.29) is 6.10 Å². The van der Waals surface area contributed by atoms with Gasteiger partial charge < -0.3 is 15.8 Å². The van der Waals surface area contributed by atoms with Gasteiger partial charge in [0.15, 0.2) is 0 Å². The van der Waals surface area contributed by atoms with E-state index in [1.165, 1.54) is 0 Å². The van der Waals surface area contributed by atoms with Crippen molar-refractivity contribution in [3.05, 3.63) is 54.7 Å². The molecule has 22 heavy (non-hydrogen) atoms. The minimum absolute atomic E-state index is 0.114. The second-order valence-corrected chi connectivity index (χ2v) is 5.43. The predicted octanol–water partition coefficient (Wildman–Crippen LogP) is 4.35. The summed E-state index contributed by atoms with van der Waals surface area (Å²) >= 11 is 0. The maximum Gasteiger partial charge on any atom is 0.143 e. The van der Waals surface area contributed by atoms with Crippen molar-refractivity contribution in [3.63, 3.8) is 0 Å². The number of rotatable bonds is 4. The van der Waals surface area contributed by atoms with Crippen LogP contribution in [0.3, 0.4) is 0 Å². The highest BCUT2D eigenvalue weighted by atomic mass is 16.5. The Bertz CT molecular complexity index is 799. The Kier molecular flexibility index (Phi) is 3.83. The topological polar surface area (TPSA) is 60.2 Å². The van der Waals surface area contributed by atoms with Gasteiger partial charge in [-0.25, -0.2) is 4.98 Å². The molecule has 3 N–H and O–H groups in total. The van der Waals surface area contributed by atoms with Crippen molar-refractivity contribution in [3.8, 4) is 5.75 Å². The first-order chi connectivity index (χ1) is 10.6. The number of benzene rings is 2. The number of para-hydroxylation sites is 2. The number of hydrogen-bond donors (Lipinski definition) is 2. The second kappa shape index (κ2) is 5.93. The van der Waals surface area contributed by atoms with Gasteiger partial charge in [0.2, 0.25) is 0 Å². The Hall–Kier alpha value is -2.75. The molecule has 0 amide bonds. The fourth-order valence-electron chi connectivity index (χ4n) is 2.35. The third-order valence-electron chi connectivity index (χ3n) is 3.29. The first kappa shape index (κ1) is 14.2. The largest absolute Gasteiger partial charge is 0.489 e. The summed E-state index contributed by atoms with van der Waals surface area (Å²) in [6.45, 7) is 4.02. The fraction of sp³-hybridized carbons (Fsp3) is 0.167. The zero-order valence-corrected chi connectivity index (χ0v) is 12.7. The Morgan fingerprint density at radius 2 is 1.91 bits per heavy atom. The minimum atomic E-state index is 0.114. The Labute approximate surface area is 129 Å². The Morgan fingerprint density at radius 3 is 2.73 bits per heavy atom. The number of nitrogens with one attached hydrogen (secondary N) is 1. The van der Waals surface area contributed by atoms with Crippen molar-refractivity contribution in [2.24, 2.45) is 0 Å². The molecule has 2 aromatic carbocycles. The molecule has 4 heteroatoms. The number of ether oxygens (including phenoxy) is 1. The third-order valence-corrected chi connectivity index (χ3v) is 3.29. The molecule has 0 radical (unpaired) electrons. The van der Waals surface area contributed by atoms with Crippen LogP contribution < -0.4 is 15.8 Å². The molecule has 3 rings (SSSR count). The number of anilines is 3. The molecule has 0 aliphatic rings. The third kappa shape index (κ3) is 2.96. The maximum atomic E-state index is 5.84. The van der Waals surface area contributed by atoms with E-state index in [2.05, 4.69) is 10.3 Å². The van der Waals surface area contributed by atoms with Crippen molar-refractivity contribution in [2.45, 2.75) is 20.0 Å². The van der Waals surface area contributed by atoms with Crippen LogP contribution in [0.4, 0.5) is 17.2 Å². The summed E-state index contributed by atoms with van der Waals surface area (Å²) in [5, 5.41) is 5.44. The van der Waals surface area contributed by atoms with Crippen molar-refractivity contribution in [2.75, 3.05) is 11.1 Å². The van der Waals surface area contributed by atoms with Crippen LogP contribution in [0.15, 0.2) is 54.7 Å². The van der Waals surface area contributed by atoms with Gasteiger partial charge in [-0.15, -0.1) is 0 Å². The lowest BCUT2D eigenvalue weighted by Gasteiger charge is -2.16. The number of hydrogen-bond acceptors (Lipinski definition) is 4. The van der Waals surface area contributed by atoms with Crippen LogP contribution in [0.1, 0.15) is 13.8 Å². The monoisotopic (exact) mass is 293 g/mol. The molecule has 0 saturated carbocycles. The number of pyridine rings is 1. The Balaban J connectivity index is 2.00. The summed E-state index contributed by atoms with van der Waals surface area (Å²) in [5.74, 6) is 1.60. The van der Waals surface area contributed by atoms with Crippen molar-refractivity contribution in [1.29, 1.82) is 0 Å². The van der Waals surface area contributed by atoms with Crippen LogP contribution in [0, 0.1) is 0 Å². The first-order valence-corrected chi connectivity index (χ1v) is 7.30. The van der Waals surface area contributed by atoms with E-state index in [0.29, 0.717) is 0 Å². The van der Waals surface area contributed by atoms with Crippen LogP contribution in [-0.4, -0.2) is 11.1 Å². The summed E-state index contributed by atoms with van der Waals surface area (Å²) < 4.78 is 5.84. The van der Waals surface area contributed by atoms with Gasteiger partial charge in [0.25, 0.3) is 0 Å². The van der Waals surface area contributed by atoms with Crippen molar-refractivity contribution < 1.29 is 4.74 Å². The average molecular weight is 293 g/mol. The molecule has 0 bridgehead atoms. The van der Waals surface area contributed by atoms with E-state index in [1.54, 1.807) is 6.20 Å². The summed E-state index contributed by atoms with van der Waals surface area (Å²) in [7, 11) is 0. The molecule has 1 heterocycles. The Morgan fingerprint density at radius 1 is 1.09 bits per heavy atom. The number of nitrogen functional groups attached to an aromatic ring is 1. The summed E-state index contributed by atoms with van der Waals surface area (Å²) in [6.07, 6.45) is 1.89.